The number of hydrogen-bond acceptors (Lipinski definition) is 4. The molecule has 2 aromatic rings. The third kappa shape index (κ3) is 2.52. The van der Waals surface area contributed by atoms with Gasteiger partial charge in [0.2, 0.25) is 5.88 Å². The van der Waals surface area contributed by atoms with Gasteiger partial charge < -0.3 is 10.5 Å². The average Bonchev–Trinajstić information content (AvgIpc) is 2.77. The molecule has 0 fully saturated rings. The van der Waals surface area contributed by atoms with Crippen LogP contribution in [0.1, 0.15) is 10.4 Å². The van der Waals surface area contributed by atoms with Crippen LogP contribution in [0, 0.1) is 6.92 Å². The number of aryl methyl sites for hydroxylation is 1. The smallest absolute Gasteiger partial charge is 0.237 e. The van der Waals surface area contributed by atoms with Crippen LogP contribution in [0.15, 0.2) is 29.8 Å². The van der Waals surface area contributed by atoms with E-state index in [2.05, 4.69) is 16.4 Å². The fraction of sp³-hybridized carbons (Fsp3) is 0.250. The molecule has 0 bridgehead atoms. The van der Waals surface area contributed by atoms with Crippen molar-refractivity contribution in [2.75, 3.05) is 12.3 Å². The molecule has 4 heteroatoms. The van der Waals surface area contributed by atoms with Gasteiger partial charge in [0.05, 0.1) is 12.3 Å². The summed E-state index contributed by atoms with van der Waals surface area (Å²) in [7, 11) is 0. The van der Waals surface area contributed by atoms with Crippen molar-refractivity contribution in [3.8, 4) is 5.88 Å². The molecule has 0 spiro atoms. The number of anilines is 1. The molecule has 0 saturated heterocycles. The first-order valence-corrected chi connectivity index (χ1v) is 6.01. The van der Waals surface area contributed by atoms with Crippen molar-refractivity contribution in [1.29, 1.82) is 0 Å². The number of nitrogens with zero attached hydrogens (tertiary/aromatic N) is 1. The molecule has 0 unspecified atom stereocenters. The van der Waals surface area contributed by atoms with Crippen molar-refractivity contribution in [3.63, 3.8) is 0 Å². The third-order valence-electron chi connectivity index (χ3n) is 2.34. The van der Waals surface area contributed by atoms with E-state index in [1.807, 2.05) is 19.1 Å². The highest BCUT2D eigenvalue weighted by Crippen LogP contribution is 2.21. The molecule has 2 N–H and O–H groups in total. The number of pyridine rings is 1. The van der Waals surface area contributed by atoms with Gasteiger partial charge in [-0.15, -0.1) is 11.3 Å². The van der Waals surface area contributed by atoms with Crippen LogP contribution in [0.3, 0.4) is 0 Å². The molecule has 16 heavy (non-hydrogen) atoms. The summed E-state index contributed by atoms with van der Waals surface area (Å²) in [6, 6.07) is 6.02. The lowest BCUT2D eigenvalue weighted by atomic mass is 10.2. The molecule has 3 nitrogen and oxygen atoms in total. The minimum Gasteiger partial charge on any atom is -0.476 e. The van der Waals surface area contributed by atoms with Crippen LogP contribution in [0.2, 0.25) is 0 Å². The molecular formula is C12H14N2OS. The molecule has 0 radical (unpaired) electrons. The average molecular weight is 234 g/mol. The van der Waals surface area contributed by atoms with E-state index in [0.717, 1.165) is 12.0 Å². The highest BCUT2D eigenvalue weighted by Gasteiger charge is 2.04. The lowest BCUT2D eigenvalue weighted by Crippen LogP contribution is -2.05. The molecule has 2 rings (SSSR count). The normalized spacial score (nSPS) is 10.3. The second kappa shape index (κ2) is 4.99. The zero-order valence-electron chi connectivity index (χ0n) is 9.14. The van der Waals surface area contributed by atoms with Gasteiger partial charge in [-0.05, 0) is 30.0 Å². The number of hydrogen-bond donors (Lipinski definition) is 1. The maximum absolute atomic E-state index is 5.86. The molecule has 2 heterocycles. The lowest BCUT2D eigenvalue weighted by Gasteiger charge is -2.08. The van der Waals surface area contributed by atoms with Gasteiger partial charge in [0, 0.05) is 17.5 Å². The van der Waals surface area contributed by atoms with Crippen molar-refractivity contribution in [2.45, 2.75) is 13.3 Å². The fourth-order valence-corrected chi connectivity index (χ4v) is 2.05. The number of rotatable bonds is 4. The fourth-order valence-electron chi connectivity index (χ4n) is 1.36. The summed E-state index contributed by atoms with van der Waals surface area (Å²) < 4.78 is 5.56. The van der Waals surface area contributed by atoms with Crippen molar-refractivity contribution in [1.82, 2.24) is 4.98 Å². The topological polar surface area (TPSA) is 48.1 Å². The minimum atomic E-state index is 0.538. The first kappa shape index (κ1) is 11.0. The summed E-state index contributed by atoms with van der Waals surface area (Å²) >= 11 is 1.73. The standard InChI is InChI=1S/C12H14N2OS/c1-9-4-6-14-12(11(9)13)15-7-5-10-3-2-8-16-10/h2-4,6,8H,5,7,13H2,1H3. The Morgan fingerprint density at radius 3 is 3.06 bits per heavy atom. The Balaban J connectivity index is 1.92. The van der Waals surface area contributed by atoms with Crippen LogP contribution >= 0.6 is 11.3 Å². The summed E-state index contributed by atoms with van der Waals surface area (Å²) in [5, 5.41) is 2.06. The molecular weight excluding hydrogens is 220 g/mol. The van der Waals surface area contributed by atoms with Crippen molar-refractivity contribution in [2.24, 2.45) is 0 Å². The predicted octanol–water partition coefficient (Wildman–Crippen LogP) is 2.66. The van der Waals surface area contributed by atoms with Crippen LogP contribution in [0.5, 0.6) is 5.88 Å². The van der Waals surface area contributed by atoms with Crippen LogP contribution < -0.4 is 10.5 Å². The predicted molar refractivity (Wildman–Crippen MR) is 66.9 cm³/mol. The molecule has 0 atom stereocenters. The number of nitrogens with two attached hydrogens (primary N) is 1. The van der Waals surface area contributed by atoms with Gasteiger partial charge in [-0.25, -0.2) is 4.98 Å². The van der Waals surface area contributed by atoms with E-state index in [9.17, 15) is 0 Å². The Labute approximate surface area is 98.9 Å². The SMILES string of the molecule is Cc1ccnc(OCCc2cccs2)c1N. The molecule has 0 aromatic carbocycles. The zero-order chi connectivity index (χ0) is 11.4. The maximum atomic E-state index is 5.86. The van der Waals surface area contributed by atoms with Crippen molar-refractivity contribution < 1.29 is 4.74 Å². The van der Waals surface area contributed by atoms with Crippen molar-refractivity contribution >= 4 is 17.0 Å². The van der Waals surface area contributed by atoms with Crippen LogP contribution in [-0.4, -0.2) is 11.6 Å². The van der Waals surface area contributed by atoms with Gasteiger partial charge in [0.15, 0.2) is 0 Å². The summed E-state index contributed by atoms with van der Waals surface area (Å²) in [5.74, 6) is 0.538. The Morgan fingerprint density at radius 1 is 1.44 bits per heavy atom. The third-order valence-corrected chi connectivity index (χ3v) is 3.28. The van der Waals surface area contributed by atoms with Gasteiger partial charge in [-0.3, -0.25) is 0 Å². The maximum Gasteiger partial charge on any atom is 0.237 e. The molecule has 0 aliphatic heterocycles. The minimum absolute atomic E-state index is 0.538. The van der Waals surface area contributed by atoms with Crippen molar-refractivity contribution in [3.05, 3.63) is 40.2 Å². The Bertz CT molecular complexity index is 454. The largest absolute Gasteiger partial charge is 0.476 e. The monoisotopic (exact) mass is 234 g/mol. The summed E-state index contributed by atoms with van der Waals surface area (Å²) in [4.78, 5) is 5.43. The van der Waals surface area contributed by atoms with E-state index in [1.54, 1.807) is 17.5 Å². The van der Waals surface area contributed by atoms with Gasteiger partial charge in [0.25, 0.3) is 0 Å². The molecule has 0 amide bonds. The molecule has 2 aromatic heterocycles. The highest BCUT2D eigenvalue weighted by molar-refractivity contribution is 7.09. The van der Waals surface area contributed by atoms with E-state index in [1.165, 1.54) is 4.88 Å². The second-order valence-electron chi connectivity index (χ2n) is 3.52. The molecule has 84 valence electrons. The Morgan fingerprint density at radius 2 is 2.31 bits per heavy atom. The van der Waals surface area contributed by atoms with Gasteiger partial charge in [0.1, 0.15) is 0 Å². The van der Waals surface area contributed by atoms with E-state index in [4.69, 9.17) is 10.5 Å². The molecule has 0 saturated carbocycles. The summed E-state index contributed by atoms with van der Waals surface area (Å²) in [6.07, 6.45) is 2.61. The van der Waals surface area contributed by atoms with E-state index < -0.39 is 0 Å². The number of ether oxygens (including phenoxy) is 1. The van der Waals surface area contributed by atoms with E-state index >= 15 is 0 Å². The van der Waals surface area contributed by atoms with Crippen LogP contribution in [0.25, 0.3) is 0 Å². The number of thiophene rings is 1. The van der Waals surface area contributed by atoms with Crippen LogP contribution in [0.4, 0.5) is 5.69 Å². The Hall–Kier alpha value is -1.55. The van der Waals surface area contributed by atoms with Gasteiger partial charge in [-0.2, -0.15) is 0 Å². The van der Waals surface area contributed by atoms with Crippen LogP contribution in [-0.2, 0) is 6.42 Å². The number of nitrogen functional groups attached to an aromatic ring is 1. The lowest BCUT2D eigenvalue weighted by molar-refractivity contribution is 0.312. The second-order valence-corrected chi connectivity index (χ2v) is 4.56. The van der Waals surface area contributed by atoms with Gasteiger partial charge >= 0.3 is 0 Å². The molecule has 0 aliphatic carbocycles. The first-order chi connectivity index (χ1) is 7.77. The van der Waals surface area contributed by atoms with Gasteiger partial charge in [-0.1, -0.05) is 6.07 Å². The van der Waals surface area contributed by atoms with E-state index in [0.29, 0.717) is 18.2 Å². The summed E-state index contributed by atoms with van der Waals surface area (Å²) in [6.45, 7) is 2.56. The summed E-state index contributed by atoms with van der Waals surface area (Å²) in [5.41, 5.74) is 7.49. The quantitative estimate of drug-likeness (QED) is 0.884. The van der Waals surface area contributed by atoms with E-state index in [-0.39, 0.29) is 0 Å². The Kier molecular flexibility index (Phi) is 3.41. The zero-order valence-corrected chi connectivity index (χ0v) is 9.96. The number of aromatic nitrogens is 1. The first-order valence-electron chi connectivity index (χ1n) is 5.13. The highest BCUT2D eigenvalue weighted by atomic mass is 32.1. The molecule has 0 aliphatic rings.